The van der Waals surface area contributed by atoms with E-state index in [1.807, 2.05) is 0 Å². The second kappa shape index (κ2) is 16.6. The van der Waals surface area contributed by atoms with Gasteiger partial charge in [0.15, 0.2) is 5.78 Å². The number of nitrogens with one attached hydrogen (secondary N) is 1. The normalized spacial score (nSPS) is 15.5. The van der Waals surface area contributed by atoms with Crippen LogP contribution in [-0.4, -0.2) is 71.9 Å². The van der Waals surface area contributed by atoms with Gasteiger partial charge in [0.2, 0.25) is 5.91 Å². The van der Waals surface area contributed by atoms with Crippen molar-refractivity contribution in [3.63, 3.8) is 0 Å². The van der Waals surface area contributed by atoms with E-state index in [4.69, 9.17) is 25.4 Å². The summed E-state index contributed by atoms with van der Waals surface area (Å²) in [6.07, 6.45) is 1.26. The number of nitro benzene ring substituents is 1. The topological polar surface area (TPSA) is 227 Å². The molecular weight excluding hydrogens is 626 g/mol. The first-order valence-corrected chi connectivity index (χ1v) is 15.7. The lowest BCUT2D eigenvalue weighted by Crippen LogP contribution is -2.52. The van der Waals surface area contributed by atoms with E-state index in [9.17, 15) is 34.1 Å². The largest absolute Gasteiger partial charge is 0.449 e. The predicted octanol–water partition coefficient (Wildman–Crippen LogP) is 2.70. The molecule has 0 aliphatic carbocycles. The first kappa shape index (κ1) is 35.7. The zero-order chi connectivity index (χ0) is 34.8. The monoisotopic (exact) mass is 665 g/mol. The fourth-order valence-electron chi connectivity index (χ4n) is 5.66. The van der Waals surface area contributed by atoms with Gasteiger partial charge in [0, 0.05) is 48.0 Å². The Labute approximate surface area is 275 Å². The highest BCUT2D eigenvalue weighted by Crippen LogP contribution is 2.28. The molecule has 2 heterocycles. The molecule has 0 bridgehead atoms. The van der Waals surface area contributed by atoms with E-state index in [1.165, 1.54) is 29.2 Å². The van der Waals surface area contributed by atoms with Crippen LogP contribution in [0.5, 0.6) is 5.75 Å². The number of Topliss-reactive ketones (excluding diaryl/α,β-unsaturated/α-hetero) is 1. The third-order valence-corrected chi connectivity index (χ3v) is 8.11. The van der Waals surface area contributed by atoms with Crippen LogP contribution in [0.2, 0.25) is 0 Å². The number of likely N-dealkylation sites (tertiary alicyclic amines) is 1. The Morgan fingerprint density at radius 3 is 2.62 bits per heavy atom. The molecule has 48 heavy (non-hydrogen) atoms. The van der Waals surface area contributed by atoms with Crippen molar-refractivity contribution >= 4 is 40.4 Å². The zero-order valence-corrected chi connectivity index (χ0v) is 26.6. The van der Waals surface area contributed by atoms with Gasteiger partial charge in [0.25, 0.3) is 5.69 Å². The average molecular weight is 666 g/mol. The Kier molecular flexibility index (Phi) is 12.4. The number of carbonyl (C=O) groups excluding carboxylic acids is 4. The molecule has 1 aliphatic heterocycles. The summed E-state index contributed by atoms with van der Waals surface area (Å²) >= 11 is 0. The van der Waals surface area contributed by atoms with E-state index < -0.39 is 46.5 Å². The minimum Gasteiger partial charge on any atom is -0.449 e. The summed E-state index contributed by atoms with van der Waals surface area (Å²) < 4.78 is 16.2. The minimum absolute atomic E-state index is 0.0561. The van der Waals surface area contributed by atoms with Crippen molar-refractivity contribution in [3.8, 4) is 5.75 Å². The fraction of sp³-hybridized carbons (Fsp3) is 0.424. The maximum Gasteiger partial charge on any atom is 0.407 e. The number of fused-ring (bicyclic) bond motifs is 1. The summed E-state index contributed by atoms with van der Waals surface area (Å²) in [5.41, 5.74) is 11.2. The van der Waals surface area contributed by atoms with E-state index in [-0.39, 0.29) is 55.3 Å². The van der Waals surface area contributed by atoms with Crippen molar-refractivity contribution < 1.29 is 38.0 Å². The average Bonchev–Trinajstić information content (AvgIpc) is 3.56. The third kappa shape index (κ3) is 9.01. The van der Waals surface area contributed by atoms with Crippen LogP contribution in [0.1, 0.15) is 56.1 Å². The molecule has 2 amide bonds. The number of carbonyl (C=O) groups is 4. The number of nitro groups is 1. The van der Waals surface area contributed by atoms with Crippen LogP contribution in [0.4, 0.5) is 10.5 Å². The number of esters is 1. The number of ketones is 1. The number of alkyl carbamates (subject to hydrolysis) is 1. The van der Waals surface area contributed by atoms with Gasteiger partial charge in [-0.1, -0.05) is 25.1 Å². The molecule has 1 aromatic heterocycles. The molecule has 4 rings (SSSR count). The van der Waals surface area contributed by atoms with Gasteiger partial charge in [0.05, 0.1) is 11.5 Å². The number of unbranched alkanes of at least 4 members (excludes halogenated alkanes) is 1. The molecule has 0 saturated carbocycles. The highest BCUT2D eigenvalue weighted by atomic mass is 16.6. The minimum atomic E-state index is -1.02. The van der Waals surface area contributed by atoms with Crippen LogP contribution in [0.3, 0.4) is 0 Å². The number of hydrogen-bond donors (Lipinski definition) is 3. The summed E-state index contributed by atoms with van der Waals surface area (Å²) in [7, 11) is 0. The van der Waals surface area contributed by atoms with Gasteiger partial charge in [0.1, 0.15) is 30.0 Å². The van der Waals surface area contributed by atoms with Crippen molar-refractivity contribution in [2.45, 2.75) is 63.5 Å². The molecular formula is C33H39N5O10. The summed E-state index contributed by atoms with van der Waals surface area (Å²) in [5, 5.41) is 14.5. The van der Waals surface area contributed by atoms with Crippen LogP contribution in [0, 0.1) is 10.1 Å². The van der Waals surface area contributed by atoms with E-state index >= 15 is 0 Å². The molecule has 15 heteroatoms. The molecule has 2 aromatic carbocycles. The summed E-state index contributed by atoms with van der Waals surface area (Å²) in [6, 6.07) is 9.84. The Morgan fingerprint density at radius 2 is 1.90 bits per heavy atom. The second-order valence-corrected chi connectivity index (χ2v) is 11.6. The molecule has 15 nitrogen and oxygen atoms in total. The number of nitrogens with zero attached hydrogens (tertiary/aromatic N) is 2. The number of ether oxygens (including phenoxy) is 2. The van der Waals surface area contributed by atoms with E-state index in [0.29, 0.717) is 48.7 Å². The van der Waals surface area contributed by atoms with Gasteiger partial charge < -0.3 is 35.6 Å². The van der Waals surface area contributed by atoms with Crippen LogP contribution in [0.15, 0.2) is 57.7 Å². The summed E-state index contributed by atoms with van der Waals surface area (Å²) in [4.78, 5) is 76.2. The number of amides is 2. The molecule has 3 aromatic rings. The van der Waals surface area contributed by atoms with E-state index in [2.05, 4.69) is 5.32 Å². The zero-order valence-electron chi connectivity index (χ0n) is 26.6. The SMILES string of the molecule is CC(COC(=O)N[C@@H](CCCCN)C(=O)N1CCC[C@H]1C(=O)Oc1ccc2c(CC(=O)CN)cc(=O)oc2c1)c1ccccc1[N+](=O)[O-]. The lowest BCUT2D eigenvalue weighted by Gasteiger charge is -2.28. The van der Waals surface area contributed by atoms with Crippen LogP contribution < -0.4 is 27.1 Å². The molecule has 1 saturated heterocycles. The van der Waals surface area contributed by atoms with Gasteiger partial charge in [-0.15, -0.1) is 0 Å². The standard InChI is InChI=1S/C33H39N5O10/c1-20(24-7-2-3-9-27(24)38(44)45)19-46-33(43)36-26(8-4-5-13-34)31(41)37-14-6-10-28(37)32(42)47-23-11-12-25-21(15-22(39)18-35)16-30(40)48-29(25)17-23/h2-3,7,9,11-12,16-17,20,26,28H,4-6,8,10,13-15,18-19,34-35H2,1H3,(H,36,43)/t20?,26-,28-/m0/s1. The number of rotatable bonds is 15. The van der Waals surface area contributed by atoms with Crippen molar-refractivity contribution in [2.75, 3.05) is 26.2 Å². The van der Waals surface area contributed by atoms with Gasteiger partial charge in [-0.3, -0.25) is 19.7 Å². The Bertz CT molecular complexity index is 1720. The Morgan fingerprint density at radius 1 is 1.12 bits per heavy atom. The molecule has 3 atom stereocenters. The lowest BCUT2D eigenvalue weighted by molar-refractivity contribution is -0.385. The smallest absolute Gasteiger partial charge is 0.407 e. The van der Waals surface area contributed by atoms with Crippen LogP contribution >= 0.6 is 0 Å². The number of hydrogen-bond acceptors (Lipinski definition) is 12. The number of para-hydroxylation sites is 1. The van der Waals surface area contributed by atoms with Crippen LogP contribution in [0.25, 0.3) is 11.0 Å². The van der Waals surface area contributed by atoms with Gasteiger partial charge in [-0.05, 0) is 56.3 Å². The molecule has 256 valence electrons. The molecule has 1 unspecified atom stereocenters. The van der Waals surface area contributed by atoms with Crippen molar-refractivity contribution in [1.29, 1.82) is 0 Å². The first-order chi connectivity index (χ1) is 23.0. The molecule has 1 aliphatic rings. The predicted molar refractivity (Wildman–Crippen MR) is 173 cm³/mol. The van der Waals surface area contributed by atoms with Crippen molar-refractivity contribution in [2.24, 2.45) is 11.5 Å². The van der Waals surface area contributed by atoms with Gasteiger partial charge in [-0.25, -0.2) is 14.4 Å². The maximum atomic E-state index is 13.7. The fourth-order valence-corrected chi connectivity index (χ4v) is 5.66. The summed E-state index contributed by atoms with van der Waals surface area (Å²) in [5.74, 6) is -1.89. The molecule has 0 spiro atoms. The highest BCUT2D eigenvalue weighted by molar-refractivity contribution is 5.92. The Hall–Kier alpha value is -5.15. The number of nitrogens with two attached hydrogens (primary N) is 2. The highest BCUT2D eigenvalue weighted by Gasteiger charge is 2.39. The maximum absolute atomic E-state index is 13.7. The molecule has 0 radical (unpaired) electrons. The molecule has 1 fully saturated rings. The number of benzene rings is 2. The van der Waals surface area contributed by atoms with Crippen LogP contribution in [-0.2, 0) is 25.5 Å². The lowest BCUT2D eigenvalue weighted by atomic mass is 10.0. The van der Waals surface area contributed by atoms with E-state index in [1.54, 1.807) is 31.2 Å². The first-order valence-electron chi connectivity index (χ1n) is 15.7. The van der Waals surface area contributed by atoms with E-state index in [0.717, 1.165) is 0 Å². The van der Waals surface area contributed by atoms with Crippen molar-refractivity contribution in [3.05, 3.63) is 80.2 Å². The summed E-state index contributed by atoms with van der Waals surface area (Å²) in [6.45, 7) is 1.97. The van der Waals surface area contributed by atoms with Crippen molar-refractivity contribution in [1.82, 2.24) is 10.2 Å². The Balaban J connectivity index is 1.43. The van der Waals surface area contributed by atoms with Gasteiger partial charge >= 0.3 is 17.7 Å². The molecule has 5 N–H and O–H groups in total. The van der Waals surface area contributed by atoms with Gasteiger partial charge in [-0.2, -0.15) is 0 Å². The third-order valence-electron chi connectivity index (χ3n) is 8.11. The quantitative estimate of drug-likeness (QED) is 0.0532. The second-order valence-electron chi connectivity index (χ2n) is 11.6.